The van der Waals surface area contributed by atoms with Gasteiger partial charge in [0.25, 0.3) is 0 Å². The van der Waals surface area contributed by atoms with Crippen molar-refractivity contribution in [2.75, 3.05) is 32.6 Å². The second-order valence-corrected chi connectivity index (χ2v) is 7.19. The second kappa shape index (κ2) is 6.30. The maximum absolute atomic E-state index is 12.7. The predicted octanol–water partition coefficient (Wildman–Crippen LogP) is 0.594. The Morgan fingerprint density at radius 1 is 1.52 bits per heavy atom. The van der Waals surface area contributed by atoms with Gasteiger partial charge >= 0.3 is 5.97 Å². The average molecular weight is 379 g/mol. The Kier molecular flexibility index (Phi) is 4.87. The maximum atomic E-state index is 12.7. The van der Waals surface area contributed by atoms with Crippen LogP contribution in [-0.2, 0) is 24.3 Å². The number of nitrogens with zero attached hydrogens (tertiary/aromatic N) is 1. The van der Waals surface area contributed by atoms with E-state index in [4.69, 9.17) is 10.5 Å². The zero-order chi connectivity index (χ0) is 15.6. The summed E-state index contributed by atoms with van der Waals surface area (Å²) in [7, 11) is -2.70. The van der Waals surface area contributed by atoms with Gasteiger partial charge in [0.05, 0.1) is 26.0 Å². The molecule has 0 aliphatic carbocycles. The van der Waals surface area contributed by atoms with E-state index in [1.54, 1.807) is 6.07 Å². The molecule has 7 nitrogen and oxygen atoms in total. The van der Waals surface area contributed by atoms with Crippen LogP contribution in [0.2, 0.25) is 0 Å². The highest BCUT2D eigenvalue weighted by atomic mass is 79.9. The van der Waals surface area contributed by atoms with Crippen LogP contribution in [0.1, 0.15) is 0 Å². The lowest BCUT2D eigenvalue weighted by Crippen LogP contribution is -2.52. The summed E-state index contributed by atoms with van der Waals surface area (Å²) >= 11 is 3.22. The first kappa shape index (κ1) is 16.2. The lowest BCUT2D eigenvalue weighted by atomic mass is 10.3. The molecule has 21 heavy (non-hydrogen) atoms. The van der Waals surface area contributed by atoms with Crippen molar-refractivity contribution >= 4 is 37.6 Å². The molecule has 2 N–H and O–H groups in total. The number of carbonyl (C=O) groups excluding carboxylic acids is 1. The Labute approximate surface area is 131 Å². The third kappa shape index (κ3) is 3.20. The summed E-state index contributed by atoms with van der Waals surface area (Å²) in [5.41, 5.74) is 5.90. The first-order valence-electron chi connectivity index (χ1n) is 6.10. The number of methoxy groups -OCH3 is 1. The third-order valence-electron chi connectivity index (χ3n) is 3.11. The van der Waals surface area contributed by atoms with Gasteiger partial charge in [0.2, 0.25) is 10.0 Å². The van der Waals surface area contributed by atoms with Crippen molar-refractivity contribution in [2.24, 2.45) is 0 Å². The lowest BCUT2D eigenvalue weighted by molar-refractivity contribution is -0.149. The number of nitrogens with two attached hydrogens (primary N) is 1. The predicted molar refractivity (Wildman–Crippen MR) is 79.1 cm³/mol. The molecule has 1 aliphatic heterocycles. The molecule has 0 saturated carbocycles. The summed E-state index contributed by atoms with van der Waals surface area (Å²) in [6.07, 6.45) is 0. The van der Waals surface area contributed by atoms with Gasteiger partial charge in [-0.15, -0.1) is 0 Å². The Morgan fingerprint density at radius 2 is 2.24 bits per heavy atom. The van der Waals surface area contributed by atoms with Crippen LogP contribution in [-0.4, -0.2) is 51.6 Å². The largest absolute Gasteiger partial charge is 0.468 e. The second-order valence-electron chi connectivity index (χ2n) is 4.41. The summed E-state index contributed by atoms with van der Waals surface area (Å²) in [4.78, 5) is 11.7. The first-order chi connectivity index (χ1) is 9.87. The number of anilines is 1. The van der Waals surface area contributed by atoms with Crippen molar-refractivity contribution in [1.82, 2.24) is 4.31 Å². The van der Waals surface area contributed by atoms with Crippen molar-refractivity contribution in [3.63, 3.8) is 0 Å². The molecule has 0 amide bonds. The summed E-state index contributed by atoms with van der Waals surface area (Å²) in [5.74, 6) is -0.658. The Balaban J connectivity index is 2.43. The zero-order valence-corrected chi connectivity index (χ0v) is 13.7. The summed E-state index contributed by atoms with van der Waals surface area (Å²) < 4.78 is 37.0. The number of carbonyl (C=O) groups is 1. The van der Waals surface area contributed by atoms with Crippen LogP contribution in [0.25, 0.3) is 0 Å². The van der Waals surface area contributed by atoms with Crippen molar-refractivity contribution in [2.45, 2.75) is 10.9 Å². The summed E-state index contributed by atoms with van der Waals surface area (Å²) in [5, 5.41) is 0. The number of rotatable bonds is 3. The quantitative estimate of drug-likeness (QED) is 0.610. The number of ether oxygens (including phenoxy) is 2. The minimum absolute atomic E-state index is 0.0393. The van der Waals surface area contributed by atoms with E-state index in [0.717, 1.165) is 4.31 Å². The van der Waals surface area contributed by atoms with E-state index in [1.807, 2.05) is 0 Å². The van der Waals surface area contributed by atoms with Crippen LogP contribution in [0.3, 0.4) is 0 Å². The van der Waals surface area contributed by atoms with Crippen molar-refractivity contribution in [3.8, 4) is 0 Å². The topological polar surface area (TPSA) is 98.9 Å². The van der Waals surface area contributed by atoms with Gasteiger partial charge in [-0.25, -0.2) is 8.42 Å². The summed E-state index contributed by atoms with van der Waals surface area (Å²) in [6, 6.07) is 3.48. The number of hydrogen-bond donors (Lipinski definition) is 1. The van der Waals surface area contributed by atoms with E-state index >= 15 is 0 Å². The highest BCUT2D eigenvalue weighted by Crippen LogP contribution is 2.28. The van der Waals surface area contributed by atoms with E-state index < -0.39 is 22.0 Å². The first-order valence-corrected chi connectivity index (χ1v) is 8.33. The molecule has 0 aromatic heterocycles. The van der Waals surface area contributed by atoms with E-state index in [9.17, 15) is 13.2 Å². The van der Waals surface area contributed by atoms with Gasteiger partial charge < -0.3 is 15.2 Å². The van der Waals surface area contributed by atoms with Crippen molar-refractivity contribution in [1.29, 1.82) is 0 Å². The minimum atomic E-state index is -3.91. The maximum Gasteiger partial charge on any atom is 0.326 e. The highest BCUT2D eigenvalue weighted by Gasteiger charge is 2.39. The van der Waals surface area contributed by atoms with Gasteiger partial charge in [0.15, 0.2) is 0 Å². The van der Waals surface area contributed by atoms with Crippen molar-refractivity contribution in [3.05, 3.63) is 22.7 Å². The number of sulfonamides is 1. The minimum Gasteiger partial charge on any atom is -0.468 e. The van der Waals surface area contributed by atoms with Gasteiger partial charge in [-0.3, -0.25) is 4.79 Å². The van der Waals surface area contributed by atoms with Crippen LogP contribution in [0.4, 0.5) is 5.69 Å². The normalized spacial score (nSPS) is 20.2. The number of hydrogen-bond acceptors (Lipinski definition) is 6. The van der Waals surface area contributed by atoms with Gasteiger partial charge in [0, 0.05) is 11.0 Å². The number of benzene rings is 1. The van der Waals surface area contributed by atoms with Crippen LogP contribution in [0.5, 0.6) is 0 Å². The van der Waals surface area contributed by atoms with E-state index in [-0.39, 0.29) is 30.3 Å². The highest BCUT2D eigenvalue weighted by molar-refractivity contribution is 9.10. The molecule has 1 aliphatic rings. The van der Waals surface area contributed by atoms with Gasteiger partial charge in [0.1, 0.15) is 10.9 Å². The molecule has 0 bridgehead atoms. The van der Waals surface area contributed by atoms with Crippen LogP contribution in [0, 0.1) is 0 Å². The fraction of sp³-hybridized carbons (Fsp3) is 0.417. The monoisotopic (exact) mass is 378 g/mol. The van der Waals surface area contributed by atoms with Gasteiger partial charge in [-0.1, -0.05) is 15.9 Å². The molecular weight excluding hydrogens is 364 g/mol. The molecule has 1 aromatic rings. The number of nitrogen functional groups attached to an aromatic ring is 1. The zero-order valence-electron chi connectivity index (χ0n) is 11.3. The van der Waals surface area contributed by atoms with Crippen molar-refractivity contribution < 1.29 is 22.7 Å². The number of halogens is 1. The molecule has 9 heteroatoms. The van der Waals surface area contributed by atoms with Gasteiger partial charge in [-0.05, 0) is 18.2 Å². The smallest absolute Gasteiger partial charge is 0.326 e. The summed E-state index contributed by atoms with van der Waals surface area (Å²) in [6.45, 7) is 0.239. The molecule has 0 spiro atoms. The average Bonchev–Trinajstić information content (AvgIpc) is 2.46. The standard InChI is InChI=1S/C12H15BrN2O5S/c1-19-12(16)10-7-20-5-4-15(10)21(17,18)11-3-2-8(13)6-9(11)14/h2-3,6,10H,4-5,7,14H2,1H3. The third-order valence-corrected chi connectivity index (χ3v) is 5.59. The molecule has 1 aromatic carbocycles. The Hall–Kier alpha value is -1.16. The number of esters is 1. The molecule has 1 heterocycles. The van der Waals surface area contributed by atoms with Crippen LogP contribution < -0.4 is 5.73 Å². The molecule has 2 rings (SSSR count). The fourth-order valence-corrected chi connectivity index (χ4v) is 4.10. The molecule has 1 fully saturated rings. The van der Waals surface area contributed by atoms with E-state index in [1.165, 1.54) is 19.2 Å². The Bertz CT molecular complexity index is 649. The fourth-order valence-electron chi connectivity index (χ4n) is 2.08. The lowest BCUT2D eigenvalue weighted by Gasteiger charge is -2.32. The SMILES string of the molecule is COC(=O)C1COCCN1S(=O)(=O)c1ccc(Br)cc1N. The van der Waals surface area contributed by atoms with E-state index in [2.05, 4.69) is 20.7 Å². The Morgan fingerprint density at radius 3 is 2.86 bits per heavy atom. The van der Waals surface area contributed by atoms with Gasteiger partial charge in [-0.2, -0.15) is 4.31 Å². The van der Waals surface area contributed by atoms with E-state index in [0.29, 0.717) is 4.47 Å². The van der Waals surface area contributed by atoms with Crippen LogP contribution in [0.15, 0.2) is 27.6 Å². The molecule has 1 unspecified atom stereocenters. The number of morpholine rings is 1. The molecule has 1 atom stereocenters. The molecular formula is C12H15BrN2O5S. The molecule has 1 saturated heterocycles. The molecule has 0 radical (unpaired) electrons. The van der Waals surface area contributed by atoms with Crippen LogP contribution >= 0.6 is 15.9 Å². The molecule has 116 valence electrons.